The van der Waals surface area contributed by atoms with E-state index in [2.05, 4.69) is 80.3 Å². The molecule has 2 nitrogen and oxygen atoms in total. The molecule has 2 aromatic carbocycles. The molecule has 0 amide bonds. The number of alkyl halides is 1. The Balaban J connectivity index is 0.000000941. The van der Waals surface area contributed by atoms with Gasteiger partial charge in [-0.1, -0.05) is 54.6 Å². The monoisotopic (exact) mass is 394 g/mol. The van der Waals surface area contributed by atoms with Crippen molar-refractivity contribution < 1.29 is 4.39 Å². The van der Waals surface area contributed by atoms with Gasteiger partial charge in [-0.3, -0.25) is 4.90 Å². The third-order valence-corrected chi connectivity index (χ3v) is 5.70. The third-order valence-electron chi connectivity index (χ3n) is 5.70. The molecule has 0 heterocycles. The summed E-state index contributed by atoms with van der Waals surface area (Å²) in [6.07, 6.45) is 3.44. The molecule has 0 spiro atoms. The molecule has 1 saturated carbocycles. The highest BCUT2D eigenvalue weighted by Crippen LogP contribution is 2.43. The first-order valence-electron chi connectivity index (χ1n) is 10.8. The first kappa shape index (κ1) is 23.1. The minimum absolute atomic E-state index is 0.164. The van der Waals surface area contributed by atoms with E-state index in [9.17, 15) is 4.39 Å². The summed E-state index contributed by atoms with van der Waals surface area (Å²) < 4.78 is 13.2. The van der Waals surface area contributed by atoms with Crippen LogP contribution in [0.4, 0.5) is 4.39 Å². The maximum absolute atomic E-state index is 13.2. The van der Waals surface area contributed by atoms with Gasteiger partial charge in [-0.05, 0) is 63.1 Å². The third kappa shape index (κ3) is 7.63. The number of benzene rings is 2. The topological polar surface area (TPSA) is 27.0 Å². The van der Waals surface area contributed by atoms with Crippen molar-refractivity contribution >= 4 is 0 Å². The van der Waals surface area contributed by atoms with Crippen LogP contribution in [0.25, 0.3) is 0 Å². The number of hydrogen-bond donors (Lipinski definition) is 0. The Morgan fingerprint density at radius 2 is 1.55 bits per heavy atom. The SMILES string of the molecule is CC#N.CC(C)N(CCc1ccccc1)C(C)CCc1ccc(C2CC2F)cc1. The Labute approximate surface area is 176 Å². The van der Waals surface area contributed by atoms with Crippen molar-refractivity contribution in [3.05, 3.63) is 71.3 Å². The Morgan fingerprint density at radius 1 is 1.00 bits per heavy atom. The van der Waals surface area contributed by atoms with Crippen LogP contribution in [-0.4, -0.2) is 29.7 Å². The molecule has 156 valence electrons. The first-order chi connectivity index (χ1) is 14.0. The van der Waals surface area contributed by atoms with E-state index in [-0.39, 0.29) is 5.92 Å². The molecule has 3 heteroatoms. The number of halogens is 1. The molecule has 0 radical (unpaired) electrons. The Hall–Kier alpha value is -2.18. The average molecular weight is 395 g/mol. The number of rotatable bonds is 9. The van der Waals surface area contributed by atoms with Crippen LogP contribution in [0.2, 0.25) is 0 Å². The van der Waals surface area contributed by atoms with E-state index >= 15 is 0 Å². The van der Waals surface area contributed by atoms with Crippen LogP contribution < -0.4 is 0 Å². The minimum Gasteiger partial charge on any atom is -0.298 e. The summed E-state index contributed by atoms with van der Waals surface area (Å²) in [5, 5.41) is 7.32. The van der Waals surface area contributed by atoms with Crippen LogP contribution in [0.1, 0.15) is 63.1 Å². The highest BCUT2D eigenvalue weighted by molar-refractivity contribution is 5.30. The van der Waals surface area contributed by atoms with Crippen LogP contribution in [0.5, 0.6) is 0 Å². The fourth-order valence-electron chi connectivity index (χ4n) is 3.87. The summed E-state index contributed by atoms with van der Waals surface area (Å²) >= 11 is 0. The normalized spacial score (nSPS) is 18.7. The quantitative estimate of drug-likeness (QED) is 0.498. The van der Waals surface area contributed by atoms with Crippen LogP contribution in [0, 0.1) is 11.3 Å². The molecule has 29 heavy (non-hydrogen) atoms. The predicted molar refractivity (Wildman–Crippen MR) is 120 cm³/mol. The second-order valence-corrected chi connectivity index (χ2v) is 8.28. The van der Waals surface area contributed by atoms with Gasteiger partial charge in [-0.15, -0.1) is 0 Å². The zero-order valence-electron chi connectivity index (χ0n) is 18.3. The second-order valence-electron chi connectivity index (χ2n) is 8.28. The molecule has 0 saturated heterocycles. The Kier molecular flexibility index (Phi) is 9.35. The highest BCUT2D eigenvalue weighted by Gasteiger charge is 2.38. The molecule has 3 rings (SSSR count). The van der Waals surface area contributed by atoms with Gasteiger partial charge in [0.05, 0.1) is 6.07 Å². The van der Waals surface area contributed by atoms with E-state index in [1.807, 2.05) is 0 Å². The highest BCUT2D eigenvalue weighted by atomic mass is 19.1. The number of aryl methyl sites for hydroxylation is 1. The van der Waals surface area contributed by atoms with E-state index in [1.165, 1.54) is 23.6 Å². The van der Waals surface area contributed by atoms with Gasteiger partial charge in [0.25, 0.3) is 0 Å². The summed E-state index contributed by atoms with van der Waals surface area (Å²) in [4.78, 5) is 2.61. The van der Waals surface area contributed by atoms with Crippen molar-refractivity contribution in [3.8, 4) is 6.07 Å². The van der Waals surface area contributed by atoms with Gasteiger partial charge in [0, 0.05) is 31.5 Å². The molecule has 1 fully saturated rings. The lowest BCUT2D eigenvalue weighted by Gasteiger charge is -2.33. The molecule has 0 bridgehead atoms. The van der Waals surface area contributed by atoms with Crippen molar-refractivity contribution in [1.29, 1.82) is 5.26 Å². The van der Waals surface area contributed by atoms with Crippen LogP contribution in [0.3, 0.4) is 0 Å². The van der Waals surface area contributed by atoms with Crippen LogP contribution in [-0.2, 0) is 12.8 Å². The minimum atomic E-state index is -0.606. The maximum atomic E-state index is 13.2. The van der Waals surface area contributed by atoms with Gasteiger partial charge in [-0.25, -0.2) is 4.39 Å². The molecular weight excluding hydrogens is 359 g/mol. The molecule has 3 unspecified atom stereocenters. The largest absolute Gasteiger partial charge is 0.298 e. The molecular formula is C26H35FN2. The fourth-order valence-corrected chi connectivity index (χ4v) is 3.87. The van der Waals surface area contributed by atoms with Crippen molar-refractivity contribution in [2.45, 2.75) is 77.6 Å². The van der Waals surface area contributed by atoms with Gasteiger partial charge in [-0.2, -0.15) is 5.26 Å². The van der Waals surface area contributed by atoms with Gasteiger partial charge in [0.15, 0.2) is 0 Å². The molecule has 2 aromatic rings. The van der Waals surface area contributed by atoms with Gasteiger partial charge < -0.3 is 0 Å². The second kappa shape index (κ2) is 11.7. The summed E-state index contributed by atoms with van der Waals surface area (Å²) in [5.74, 6) is 0.164. The van der Waals surface area contributed by atoms with Crippen molar-refractivity contribution in [2.24, 2.45) is 0 Å². The smallest absolute Gasteiger partial charge is 0.108 e. The van der Waals surface area contributed by atoms with Crippen molar-refractivity contribution in [3.63, 3.8) is 0 Å². The summed E-state index contributed by atoms with van der Waals surface area (Å²) in [6, 6.07) is 22.2. The zero-order chi connectivity index (χ0) is 21.2. The lowest BCUT2D eigenvalue weighted by molar-refractivity contribution is 0.158. The average Bonchev–Trinajstić information content (AvgIpc) is 3.44. The van der Waals surface area contributed by atoms with Crippen molar-refractivity contribution in [1.82, 2.24) is 4.90 Å². The van der Waals surface area contributed by atoms with E-state index in [0.717, 1.165) is 25.8 Å². The summed E-state index contributed by atoms with van der Waals surface area (Å²) in [5.41, 5.74) is 3.94. The van der Waals surface area contributed by atoms with Crippen LogP contribution >= 0.6 is 0 Å². The van der Waals surface area contributed by atoms with E-state index in [1.54, 1.807) is 6.07 Å². The Morgan fingerprint density at radius 3 is 2.07 bits per heavy atom. The van der Waals surface area contributed by atoms with E-state index < -0.39 is 6.17 Å². The Bertz CT molecular complexity index is 749. The van der Waals surface area contributed by atoms with E-state index in [0.29, 0.717) is 18.5 Å². The number of nitriles is 1. The molecule has 1 aliphatic carbocycles. The molecule has 0 aliphatic heterocycles. The predicted octanol–water partition coefficient (Wildman–Crippen LogP) is 6.32. The summed E-state index contributed by atoms with van der Waals surface area (Å²) in [7, 11) is 0. The molecule has 3 atom stereocenters. The number of nitrogens with zero attached hydrogens (tertiary/aromatic N) is 2. The maximum Gasteiger partial charge on any atom is 0.108 e. The lowest BCUT2D eigenvalue weighted by Crippen LogP contribution is -2.40. The standard InChI is InChI=1S/C24H32FN.C2H3N/c1-18(2)26(16-15-20-7-5-4-6-8-20)19(3)9-10-21-11-13-22(14-12-21)23-17-24(23)25;1-2-3/h4-8,11-14,18-19,23-24H,9-10,15-17H2,1-3H3;1H3. The van der Waals surface area contributed by atoms with Crippen LogP contribution in [0.15, 0.2) is 54.6 Å². The van der Waals surface area contributed by atoms with E-state index in [4.69, 9.17) is 5.26 Å². The van der Waals surface area contributed by atoms with Gasteiger partial charge in [0.1, 0.15) is 6.17 Å². The van der Waals surface area contributed by atoms with Gasteiger partial charge >= 0.3 is 0 Å². The lowest BCUT2D eigenvalue weighted by atomic mass is 10.0. The zero-order valence-corrected chi connectivity index (χ0v) is 18.3. The first-order valence-corrected chi connectivity index (χ1v) is 10.8. The molecule has 0 aromatic heterocycles. The molecule has 1 aliphatic rings. The molecule has 0 N–H and O–H groups in total. The fraction of sp³-hybridized carbons (Fsp3) is 0.500. The summed E-state index contributed by atoms with van der Waals surface area (Å²) in [6.45, 7) is 9.46. The van der Waals surface area contributed by atoms with Crippen molar-refractivity contribution in [2.75, 3.05) is 6.54 Å². The van der Waals surface area contributed by atoms with Gasteiger partial charge in [0.2, 0.25) is 0 Å². The number of hydrogen-bond acceptors (Lipinski definition) is 2.